The summed E-state index contributed by atoms with van der Waals surface area (Å²) in [5, 5.41) is 9.87. The Bertz CT molecular complexity index is 644. The molecule has 19 heavy (non-hydrogen) atoms. The predicted octanol–water partition coefficient (Wildman–Crippen LogP) is 4.19. The number of benzene rings is 1. The van der Waals surface area contributed by atoms with Crippen molar-refractivity contribution >= 4 is 29.2 Å². The summed E-state index contributed by atoms with van der Waals surface area (Å²) in [5.41, 5.74) is 0.597. The highest BCUT2D eigenvalue weighted by molar-refractivity contribution is 6.34. The van der Waals surface area contributed by atoms with Crippen molar-refractivity contribution in [2.45, 2.75) is 6.92 Å². The van der Waals surface area contributed by atoms with Crippen LogP contribution in [0.25, 0.3) is 0 Å². The van der Waals surface area contributed by atoms with Gasteiger partial charge < -0.3 is 9.84 Å². The van der Waals surface area contributed by atoms with Crippen molar-refractivity contribution in [1.29, 1.82) is 0 Å². The first-order chi connectivity index (χ1) is 8.97. The molecule has 0 aliphatic heterocycles. The van der Waals surface area contributed by atoms with Gasteiger partial charge in [0, 0.05) is 29.0 Å². The van der Waals surface area contributed by atoms with Crippen LogP contribution < -0.4 is 4.74 Å². The molecule has 98 valence electrons. The minimum atomic E-state index is -1.12. The van der Waals surface area contributed by atoms with Crippen molar-refractivity contribution < 1.29 is 14.6 Å². The molecule has 1 aromatic carbocycles. The van der Waals surface area contributed by atoms with E-state index in [0.717, 1.165) is 0 Å². The number of ether oxygens (including phenoxy) is 1. The van der Waals surface area contributed by atoms with Crippen LogP contribution in [-0.4, -0.2) is 16.1 Å². The maximum atomic E-state index is 11.1. The van der Waals surface area contributed by atoms with Gasteiger partial charge in [-0.2, -0.15) is 0 Å². The highest BCUT2D eigenvalue weighted by Crippen LogP contribution is 2.33. The molecule has 0 saturated heterocycles. The van der Waals surface area contributed by atoms with E-state index in [1.54, 1.807) is 19.1 Å². The second kappa shape index (κ2) is 5.47. The fraction of sp³-hybridized carbons (Fsp3) is 0.0769. The lowest BCUT2D eigenvalue weighted by atomic mass is 10.2. The Morgan fingerprint density at radius 1 is 1.26 bits per heavy atom. The zero-order valence-electron chi connectivity index (χ0n) is 9.85. The number of carboxylic acids is 1. The maximum absolute atomic E-state index is 11.1. The smallest absolute Gasteiger partial charge is 0.341 e. The molecule has 0 atom stereocenters. The standard InChI is InChI=1S/C13H9Cl2NO3/c1-7-4-11(9(6-16-7)13(17)18)19-12-5-8(14)2-3-10(12)15/h2-6H,1H3,(H,17,18). The van der Waals surface area contributed by atoms with Crippen molar-refractivity contribution in [3.63, 3.8) is 0 Å². The highest BCUT2D eigenvalue weighted by Gasteiger charge is 2.14. The van der Waals surface area contributed by atoms with Gasteiger partial charge in [0.1, 0.15) is 17.1 Å². The number of hydrogen-bond acceptors (Lipinski definition) is 3. The van der Waals surface area contributed by atoms with E-state index in [9.17, 15) is 4.79 Å². The summed E-state index contributed by atoms with van der Waals surface area (Å²) in [6.45, 7) is 1.73. The molecule has 0 radical (unpaired) electrons. The number of aromatic nitrogens is 1. The molecule has 0 aliphatic carbocycles. The second-order valence-electron chi connectivity index (χ2n) is 3.80. The van der Waals surface area contributed by atoms with Crippen molar-refractivity contribution in [2.75, 3.05) is 0 Å². The fourth-order valence-corrected chi connectivity index (χ4v) is 1.77. The molecule has 0 saturated carbocycles. The van der Waals surface area contributed by atoms with Gasteiger partial charge in [0.25, 0.3) is 0 Å². The lowest BCUT2D eigenvalue weighted by Gasteiger charge is -2.10. The van der Waals surface area contributed by atoms with E-state index < -0.39 is 5.97 Å². The molecule has 4 nitrogen and oxygen atoms in total. The van der Waals surface area contributed by atoms with Crippen molar-refractivity contribution in [2.24, 2.45) is 0 Å². The zero-order valence-corrected chi connectivity index (χ0v) is 11.4. The number of nitrogens with zero attached hydrogens (tertiary/aromatic N) is 1. The average molecular weight is 298 g/mol. The molecule has 0 unspecified atom stereocenters. The number of halogens is 2. The minimum Gasteiger partial charge on any atom is -0.477 e. The summed E-state index contributed by atoms with van der Waals surface area (Å²) in [6.07, 6.45) is 1.24. The molecule has 0 spiro atoms. The Kier molecular flexibility index (Phi) is 3.93. The average Bonchev–Trinajstić information content (AvgIpc) is 2.33. The van der Waals surface area contributed by atoms with Crippen LogP contribution in [-0.2, 0) is 0 Å². The molecule has 1 aromatic heterocycles. The van der Waals surface area contributed by atoms with Gasteiger partial charge in [0.15, 0.2) is 0 Å². The van der Waals surface area contributed by atoms with E-state index in [4.69, 9.17) is 33.0 Å². The van der Waals surface area contributed by atoms with E-state index in [-0.39, 0.29) is 11.3 Å². The number of aromatic carboxylic acids is 1. The highest BCUT2D eigenvalue weighted by atomic mass is 35.5. The monoisotopic (exact) mass is 297 g/mol. The lowest BCUT2D eigenvalue weighted by molar-refractivity contribution is 0.0693. The van der Waals surface area contributed by atoms with Crippen LogP contribution in [0.1, 0.15) is 16.1 Å². The number of pyridine rings is 1. The number of carboxylic acid groups (broad SMARTS) is 1. The van der Waals surface area contributed by atoms with E-state index in [0.29, 0.717) is 21.5 Å². The van der Waals surface area contributed by atoms with Crippen molar-refractivity contribution in [3.8, 4) is 11.5 Å². The Balaban J connectivity index is 2.45. The van der Waals surface area contributed by atoms with Gasteiger partial charge in [-0.05, 0) is 19.1 Å². The zero-order chi connectivity index (χ0) is 14.0. The first-order valence-electron chi connectivity index (χ1n) is 5.30. The van der Waals surface area contributed by atoms with Gasteiger partial charge in [-0.25, -0.2) is 4.79 Å². The number of hydrogen-bond donors (Lipinski definition) is 1. The molecule has 0 aliphatic rings. The van der Waals surface area contributed by atoms with Crippen LogP contribution in [0.3, 0.4) is 0 Å². The Hall–Kier alpha value is -1.78. The van der Waals surface area contributed by atoms with E-state index in [1.165, 1.54) is 18.3 Å². The number of carbonyl (C=O) groups is 1. The minimum absolute atomic E-state index is 0.0401. The van der Waals surface area contributed by atoms with Crippen LogP contribution in [0.15, 0.2) is 30.5 Å². The number of aryl methyl sites for hydroxylation is 1. The third-order valence-corrected chi connectivity index (χ3v) is 2.89. The second-order valence-corrected chi connectivity index (χ2v) is 4.65. The van der Waals surface area contributed by atoms with E-state index >= 15 is 0 Å². The van der Waals surface area contributed by atoms with Gasteiger partial charge in [0.05, 0.1) is 5.02 Å². The SMILES string of the molecule is Cc1cc(Oc2cc(Cl)ccc2Cl)c(C(=O)O)cn1. The summed E-state index contributed by atoms with van der Waals surface area (Å²) in [4.78, 5) is 15.0. The van der Waals surface area contributed by atoms with Gasteiger partial charge in [-0.15, -0.1) is 0 Å². The third kappa shape index (κ3) is 3.16. The largest absolute Gasteiger partial charge is 0.477 e. The third-order valence-electron chi connectivity index (χ3n) is 2.35. The molecule has 2 aromatic rings. The summed E-state index contributed by atoms with van der Waals surface area (Å²) in [5.74, 6) is -0.660. The van der Waals surface area contributed by atoms with Gasteiger partial charge in [0.2, 0.25) is 0 Å². The topological polar surface area (TPSA) is 59.4 Å². The maximum Gasteiger partial charge on any atom is 0.341 e. The quantitative estimate of drug-likeness (QED) is 0.923. The molecule has 1 heterocycles. The van der Waals surface area contributed by atoms with Crippen LogP contribution in [0, 0.1) is 6.92 Å². The van der Waals surface area contributed by atoms with Crippen molar-refractivity contribution in [1.82, 2.24) is 4.98 Å². The summed E-state index contributed by atoms with van der Waals surface area (Å²) < 4.78 is 5.53. The molecule has 2 rings (SSSR count). The van der Waals surface area contributed by atoms with Crippen LogP contribution >= 0.6 is 23.2 Å². The lowest BCUT2D eigenvalue weighted by Crippen LogP contribution is -2.02. The molecule has 0 fully saturated rings. The van der Waals surface area contributed by atoms with E-state index in [2.05, 4.69) is 4.98 Å². The van der Waals surface area contributed by atoms with Crippen LogP contribution in [0.5, 0.6) is 11.5 Å². The molecule has 0 amide bonds. The normalized spacial score (nSPS) is 10.3. The van der Waals surface area contributed by atoms with Crippen molar-refractivity contribution in [3.05, 3.63) is 51.8 Å². The molecule has 6 heteroatoms. The summed E-state index contributed by atoms with van der Waals surface area (Å²) in [7, 11) is 0. The van der Waals surface area contributed by atoms with Gasteiger partial charge >= 0.3 is 5.97 Å². The Morgan fingerprint density at radius 2 is 2.00 bits per heavy atom. The Labute approximate surface area is 119 Å². The summed E-state index contributed by atoms with van der Waals surface area (Å²) in [6, 6.07) is 6.24. The fourth-order valence-electron chi connectivity index (χ4n) is 1.45. The van der Waals surface area contributed by atoms with Gasteiger partial charge in [-0.1, -0.05) is 23.2 Å². The summed E-state index contributed by atoms with van der Waals surface area (Å²) >= 11 is 11.8. The van der Waals surface area contributed by atoms with Crippen LogP contribution in [0.2, 0.25) is 10.0 Å². The first kappa shape index (κ1) is 13.6. The van der Waals surface area contributed by atoms with Gasteiger partial charge in [-0.3, -0.25) is 4.98 Å². The van der Waals surface area contributed by atoms with Crippen LogP contribution in [0.4, 0.5) is 0 Å². The first-order valence-corrected chi connectivity index (χ1v) is 6.06. The molecular formula is C13H9Cl2NO3. The molecular weight excluding hydrogens is 289 g/mol. The molecule has 0 bridgehead atoms. The van der Waals surface area contributed by atoms with E-state index in [1.807, 2.05) is 0 Å². The predicted molar refractivity (Wildman–Crippen MR) is 72.5 cm³/mol. The Morgan fingerprint density at radius 3 is 2.68 bits per heavy atom. The molecule has 1 N–H and O–H groups in total. The number of rotatable bonds is 3.